The Bertz CT molecular complexity index is 1170. The minimum absolute atomic E-state index is 0.132. The lowest BCUT2D eigenvalue weighted by Crippen LogP contribution is -2.27. The van der Waals surface area contributed by atoms with E-state index >= 15 is 0 Å². The van der Waals surface area contributed by atoms with Gasteiger partial charge < -0.3 is 0 Å². The van der Waals surface area contributed by atoms with Gasteiger partial charge in [0.25, 0.3) is 5.91 Å². The Balaban J connectivity index is 1.57. The largest absolute Gasteiger partial charge is 0.274 e. The van der Waals surface area contributed by atoms with Crippen molar-refractivity contribution >= 4 is 34.0 Å². The number of hydrazone groups is 1. The number of benzene rings is 2. The third kappa shape index (κ3) is 2.97. The molecule has 4 aromatic rings. The molecule has 1 aliphatic rings. The molecule has 6 heteroatoms. The Labute approximate surface area is 166 Å². The van der Waals surface area contributed by atoms with Gasteiger partial charge in [-0.25, -0.2) is 9.99 Å². The van der Waals surface area contributed by atoms with Crippen molar-refractivity contribution in [3.8, 4) is 0 Å². The summed E-state index contributed by atoms with van der Waals surface area (Å²) in [6.45, 7) is 0. The summed E-state index contributed by atoms with van der Waals surface area (Å²) in [5.74, 6) is -0.132. The fraction of sp³-hybridized carbons (Fsp3) is 0.0909. The zero-order valence-electron chi connectivity index (χ0n) is 14.9. The zero-order chi connectivity index (χ0) is 18.9. The van der Waals surface area contributed by atoms with Crippen LogP contribution in [0.3, 0.4) is 0 Å². The highest BCUT2D eigenvalue weighted by Crippen LogP contribution is 2.34. The van der Waals surface area contributed by atoms with Crippen molar-refractivity contribution in [1.82, 2.24) is 15.0 Å². The third-order valence-electron chi connectivity index (χ3n) is 4.75. The quantitative estimate of drug-likeness (QED) is 0.515. The molecular weight excluding hydrogens is 368 g/mol. The van der Waals surface area contributed by atoms with E-state index in [1.165, 1.54) is 0 Å². The number of aromatic nitrogens is 2. The van der Waals surface area contributed by atoms with E-state index in [9.17, 15) is 4.79 Å². The molecule has 1 aliphatic heterocycles. The lowest BCUT2D eigenvalue weighted by Gasteiger charge is -2.21. The zero-order valence-corrected chi connectivity index (χ0v) is 15.7. The van der Waals surface area contributed by atoms with Gasteiger partial charge in [-0.2, -0.15) is 5.10 Å². The molecule has 0 aliphatic carbocycles. The normalized spacial score (nSPS) is 16.4. The molecule has 2 aromatic heterocycles. The maximum atomic E-state index is 13.2. The second-order valence-electron chi connectivity index (χ2n) is 6.54. The number of hydrogen-bond acceptors (Lipinski definition) is 5. The third-order valence-corrected chi connectivity index (χ3v) is 5.67. The lowest BCUT2D eigenvalue weighted by molar-refractivity contribution is 0.0708. The number of carbonyl (C=O) groups excluding carboxylic acids is 1. The molecule has 5 nitrogen and oxygen atoms in total. The van der Waals surface area contributed by atoms with E-state index in [2.05, 4.69) is 10.1 Å². The first kappa shape index (κ1) is 16.8. The molecule has 2 aromatic carbocycles. The molecule has 28 heavy (non-hydrogen) atoms. The number of fused-ring (bicyclic) bond motifs is 1. The van der Waals surface area contributed by atoms with Crippen molar-refractivity contribution in [2.45, 2.75) is 12.5 Å². The summed E-state index contributed by atoms with van der Waals surface area (Å²) in [7, 11) is 0. The summed E-state index contributed by atoms with van der Waals surface area (Å²) in [6.07, 6.45) is 2.37. The molecule has 0 radical (unpaired) electrons. The molecule has 1 atom stereocenters. The fourth-order valence-electron chi connectivity index (χ4n) is 3.36. The number of amides is 1. The molecule has 0 N–H and O–H groups in total. The van der Waals surface area contributed by atoms with Crippen LogP contribution in [0.4, 0.5) is 0 Å². The Morgan fingerprint density at radius 2 is 1.75 bits per heavy atom. The van der Waals surface area contributed by atoms with Gasteiger partial charge in [0.05, 0.1) is 33.5 Å². The summed E-state index contributed by atoms with van der Waals surface area (Å²) in [4.78, 5) is 23.6. The summed E-state index contributed by atoms with van der Waals surface area (Å²) in [5.41, 5.74) is 3.91. The molecule has 0 saturated heterocycles. The number of carbonyl (C=O) groups is 1. The number of thiophene rings is 1. The number of hydrogen-bond donors (Lipinski definition) is 0. The highest BCUT2D eigenvalue weighted by Gasteiger charge is 2.35. The van der Waals surface area contributed by atoms with E-state index in [-0.39, 0.29) is 11.9 Å². The Hall–Kier alpha value is -3.38. The molecule has 136 valence electrons. The van der Waals surface area contributed by atoms with E-state index in [4.69, 9.17) is 4.98 Å². The van der Waals surface area contributed by atoms with Gasteiger partial charge >= 0.3 is 0 Å². The van der Waals surface area contributed by atoms with Gasteiger partial charge in [0, 0.05) is 12.0 Å². The van der Waals surface area contributed by atoms with Crippen molar-refractivity contribution in [3.05, 3.63) is 94.4 Å². The first-order chi connectivity index (χ1) is 13.8. The maximum absolute atomic E-state index is 13.2. The maximum Gasteiger partial charge on any atom is 0.274 e. The van der Waals surface area contributed by atoms with Crippen LogP contribution in [0.5, 0.6) is 0 Å². The smallest absolute Gasteiger partial charge is 0.267 e. The van der Waals surface area contributed by atoms with Gasteiger partial charge in [-0.1, -0.05) is 36.4 Å². The molecule has 5 rings (SSSR count). The standard InChI is InChI=1S/C22H16N4OS/c27-22(15-7-2-1-3-8-15)26-20(13-18(25-26)21-11-6-12-28-21)19-14-23-16-9-4-5-10-17(16)24-19/h1-12,14,20H,13H2. The van der Waals surface area contributed by atoms with Crippen LogP contribution in [0.2, 0.25) is 0 Å². The van der Waals surface area contributed by atoms with E-state index in [1.54, 1.807) is 22.5 Å². The molecule has 0 fully saturated rings. The molecule has 0 spiro atoms. The summed E-state index contributed by atoms with van der Waals surface area (Å²) in [6, 6.07) is 20.7. The van der Waals surface area contributed by atoms with Crippen LogP contribution in [0.15, 0.2) is 83.4 Å². The molecule has 1 unspecified atom stereocenters. The van der Waals surface area contributed by atoms with E-state index < -0.39 is 0 Å². The van der Waals surface area contributed by atoms with Gasteiger partial charge in [0.2, 0.25) is 0 Å². The average Bonchev–Trinajstić information content (AvgIpc) is 3.43. The summed E-state index contributed by atoms with van der Waals surface area (Å²) >= 11 is 1.62. The molecule has 3 heterocycles. The highest BCUT2D eigenvalue weighted by molar-refractivity contribution is 7.12. The van der Waals surface area contributed by atoms with Crippen molar-refractivity contribution in [2.24, 2.45) is 5.10 Å². The first-order valence-electron chi connectivity index (χ1n) is 9.01. The van der Waals surface area contributed by atoms with Crippen LogP contribution in [-0.2, 0) is 0 Å². The summed E-state index contributed by atoms with van der Waals surface area (Å²) < 4.78 is 0. The van der Waals surface area contributed by atoms with Crippen molar-refractivity contribution in [2.75, 3.05) is 0 Å². The van der Waals surface area contributed by atoms with Crippen LogP contribution in [0, 0.1) is 0 Å². The fourth-order valence-corrected chi connectivity index (χ4v) is 4.09. The molecular formula is C22H16N4OS. The molecule has 0 bridgehead atoms. The summed E-state index contributed by atoms with van der Waals surface area (Å²) in [5, 5.41) is 8.26. The van der Waals surface area contributed by atoms with Gasteiger partial charge in [0.15, 0.2) is 0 Å². The monoisotopic (exact) mass is 384 g/mol. The van der Waals surface area contributed by atoms with Crippen LogP contribution in [0.25, 0.3) is 11.0 Å². The topological polar surface area (TPSA) is 58.5 Å². The Morgan fingerprint density at radius 1 is 0.964 bits per heavy atom. The second-order valence-corrected chi connectivity index (χ2v) is 7.49. The minimum atomic E-state index is -0.276. The average molecular weight is 384 g/mol. The Kier molecular flexibility index (Phi) is 4.18. The van der Waals surface area contributed by atoms with E-state index in [0.717, 1.165) is 27.3 Å². The predicted octanol–water partition coefficient (Wildman–Crippen LogP) is 4.68. The first-order valence-corrected chi connectivity index (χ1v) is 9.89. The van der Waals surface area contributed by atoms with Gasteiger partial charge in [-0.15, -0.1) is 11.3 Å². The minimum Gasteiger partial charge on any atom is -0.267 e. The van der Waals surface area contributed by atoms with Crippen LogP contribution in [0.1, 0.15) is 33.4 Å². The van der Waals surface area contributed by atoms with E-state index in [1.807, 2.05) is 72.1 Å². The highest BCUT2D eigenvalue weighted by atomic mass is 32.1. The SMILES string of the molecule is O=C(c1ccccc1)N1N=C(c2cccs2)CC1c1cnc2ccccc2n1. The number of rotatable bonds is 3. The van der Waals surface area contributed by atoms with Crippen LogP contribution >= 0.6 is 11.3 Å². The number of para-hydroxylation sites is 2. The van der Waals surface area contributed by atoms with Crippen molar-refractivity contribution in [1.29, 1.82) is 0 Å². The Morgan fingerprint density at radius 3 is 2.54 bits per heavy atom. The lowest BCUT2D eigenvalue weighted by atomic mass is 10.1. The number of nitrogens with zero attached hydrogens (tertiary/aromatic N) is 4. The predicted molar refractivity (Wildman–Crippen MR) is 110 cm³/mol. The van der Waals surface area contributed by atoms with Gasteiger partial charge in [-0.3, -0.25) is 9.78 Å². The second kappa shape index (κ2) is 6.98. The van der Waals surface area contributed by atoms with Gasteiger partial charge in [-0.05, 0) is 35.7 Å². The van der Waals surface area contributed by atoms with Crippen molar-refractivity contribution < 1.29 is 4.79 Å². The van der Waals surface area contributed by atoms with Crippen LogP contribution in [-0.4, -0.2) is 26.6 Å². The molecule has 1 amide bonds. The van der Waals surface area contributed by atoms with E-state index in [0.29, 0.717) is 12.0 Å². The van der Waals surface area contributed by atoms with Crippen LogP contribution < -0.4 is 0 Å². The van der Waals surface area contributed by atoms with Gasteiger partial charge in [0.1, 0.15) is 6.04 Å². The molecule has 0 saturated carbocycles. The van der Waals surface area contributed by atoms with Crippen molar-refractivity contribution in [3.63, 3.8) is 0 Å².